The summed E-state index contributed by atoms with van der Waals surface area (Å²) >= 11 is 0. The molecule has 2 saturated heterocycles. The van der Waals surface area contributed by atoms with Gasteiger partial charge in [-0.3, -0.25) is 14.4 Å². The number of benzene rings is 2. The van der Waals surface area contributed by atoms with Crippen LogP contribution in [-0.2, 0) is 27.2 Å². The van der Waals surface area contributed by atoms with Crippen LogP contribution in [-0.4, -0.2) is 78.5 Å². The van der Waals surface area contributed by atoms with Gasteiger partial charge in [0, 0.05) is 24.7 Å². The number of hydrogen-bond acceptors (Lipinski definition) is 5. The monoisotopic (exact) mass is 650 g/mol. The minimum absolute atomic E-state index is 0.0659. The Morgan fingerprint density at radius 3 is 2.28 bits per heavy atom. The Morgan fingerprint density at radius 2 is 1.61 bits per heavy atom. The van der Waals surface area contributed by atoms with Crippen molar-refractivity contribution in [3.8, 4) is 0 Å². The van der Waals surface area contributed by atoms with Crippen LogP contribution >= 0.6 is 9.24 Å². The second-order valence-electron chi connectivity index (χ2n) is 13.5. The first-order valence-corrected chi connectivity index (χ1v) is 17.0. The summed E-state index contributed by atoms with van der Waals surface area (Å²) in [5.74, 6) is -0.833. The third-order valence-corrected chi connectivity index (χ3v) is 9.28. The number of hydrogen-bond donors (Lipinski definition) is 5. The van der Waals surface area contributed by atoms with E-state index in [9.17, 15) is 19.2 Å². The Balaban J connectivity index is 1.47. The van der Waals surface area contributed by atoms with Crippen LogP contribution in [0.25, 0.3) is 0 Å². The summed E-state index contributed by atoms with van der Waals surface area (Å²) < 4.78 is 0. The van der Waals surface area contributed by atoms with Crippen molar-refractivity contribution >= 4 is 38.3 Å². The third kappa shape index (κ3) is 10.0. The van der Waals surface area contributed by atoms with E-state index in [0.29, 0.717) is 45.2 Å². The molecule has 0 saturated carbocycles. The van der Waals surface area contributed by atoms with Gasteiger partial charge in [0.2, 0.25) is 17.7 Å². The van der Waals surface area contributed by atoms with Crippen molar-refractivity contribution < 1.29 is 19.2 Å². The molecule has 6 atom stereocenters. The average Bonchev–Trinajstić information content (AvgIpc) is 3.39. The zero-order valence-electron chi connectivity index (χ0n) is 27.6. The number of likely N-dealkylation sites (N-methyl/N-ethyl adjacent to an activating group) is 1. The molecule has 0 aromatic heterocycles. The number of fused-ring (bicyclic) bond motifs is 1. The van der Waals surface area contributed by atoms with Crippen molar-refractivity contribution in [1.29, 1.82) is 0 Å². The van der Waals surface area contributed by atoms with Gasteiger partial charge in [0.05, 0.1) is 6.04 Å². The average molecular weight is 651 g/mol. The lowest BCUT2D eigenvalue weighted by atomic mass is 9.90. The molecule has 4 unspecified atom stereocenters. The van der Waals surface area contributed by atoms with Gasteiger partial charge in [-0.25, -0.2) is 4.79 Å². The quantitative estimate of drug-likeness (QED) is 0.225. The van der Waals surface area contributed by atoms with Crippen molar-refractivity contribution in [2.45, 2.75) is 95.4 Å². The van der Waals surface area contributed by atoms with Gasteiger partial charge in [-0.1, -0.05) is 54.6 Å². The standard InChI is InChI=1S/C35H51N6O4P/c1-35(2,3)40-34(45)38-21-19-25-12-13-26-14-17-29(32(43)37-20-18-23-10-15-27(46)16-11-23)41(26)33(44)30(25)39-31(42)28(36-4)22-24-8-6-5-7-9-24/h5-11,15-16,25-26,28-30,36H,12-14,17-22,46H2,1-4H3,(H,37,43)(H,39,42)(H2,38,40,45)/t25?,26?,28?,29-,30-/m0/s1. The van der Waals surface area contributed by atoms with Crippen LogP contribution in [0.2, 0.25) is 0 Å². The van der Waals surface area contributed by atoms with Crippen molar-refractivity contribution in [2.75, 3.05) is 20.1 Å². The van der Waals surface area contributed by atoms with Gasteiger partial charge in [0.1, 0.15) is 12.1 Å². The minimum atomic E-state index is -0.810. The van der Waals surface area contributed by atoms with E-state index < -0.39 is 18.1 Å². The highest BCUT2D eigenvalue weighted by atomic mass is 31.0. The summed E-state index contributed by atoms with van der Waals surface area (Å²) in [4.78, 5) is 55.7. The third-order valence-electron chi connectivity index (χ3n) is 8.89. The van der Waals surface area contributed by atoms with Crippen LogP contribution in [0.4, 0.5) is 4.79 Å². The molecule has 0 spiro atoms. The zero-order valence-corrected chi connectivity index (χ0v) is 28.8. The number of carbonyl (C=O) groups excluding carboxylic acids is 4. The number of amides is 5. The molecule has 11 heteroatoms. The number of urea groups is 1. The predicted octanol–water partition coefficient (Wildman–Crippen LogP) is 2.42. The lowest BCUT2D eigenvalue weighted by Crippen LogP contribution is -2.58. The van der Waals surface area contributed by atoms with E-state index in [1.54, 1.807) is 11.9 Å². The molecule has 2 aliphatic rings. The largest absolute Gasteiger partial charge is 0.354 e. The summed E-state index contributed by atoms with van der Waals surface area (Å²) in [6.45, 7) is 6.58. The van der Waals surface area contributed by atoms with Crippen LogP contribution in [0.15, 0.2) is 54.6 Å². The highest BCUT2D eigenvalue weighted by Crippen LogP contribution is 2.35. The van der Waals surface area contributed by atoms with E-state index in [1.807, 2.05) is 75.4 Å². The summed E-state index contributed by atoms with van der Waals surface area (Å²) in [6.07, 6.45) is 4.46. The SMILES string of the molecule is CNC(Cc1ccccc1)C(=O)N[C@@H]1C(=O)N2C(CCC1CCNC(=O)NC(C)(C)C)CC[C@H]2C(=O)NCCc1ccc(P)cc1. The van der Waals surface area contributed by atoms with Crippen LogP contribution < -0.4 is 31.9 Å². The Morgan fingerprint density at radius 1 is 0.913 bits per heavy atom. The molecule has 0 radical (unpaired) electrons. The van der Waals surface area contributed by atoms with Crippen LogP contribution in [0.5, 0.6) is 0 Å². The molecule has 0 bridgehead atoms. The molecule has 5 N–H and O–H groups in total. The van der Waals surface area contributed by atoms with Crippen molar-refractivity contribution in [3.05, 3.63) is 65.7 Å². The minimum Gasteiger partial charge on any atom is -0.354 e. The lowest BCUT2D eigenvalue weighted by molar-refractivity contribution is -0.143. The highest BCUT2D eigenvalue weighted by Gasteiger charge is 2.47. The van der Waals surface area contributed by atoms with Gasteiger partial charge in [-0.2, -0.15) is 0 Å². The van der Waals surface area contributed by atoms with E-state index >= 15 is 0 Å². The Hall–Kier alpha value is -3.49. The molecule has 46 heavy (non-hydrogen) atoms. The molecular weight excluding hydrogens is 599 g/mol. The maximum absolute atomic E-state index is 14.4. The van der Waals surface area contributed by atoms with Gasteiger partial charge in [0.25, 0.3) is 0 Å². The number of carbonyl (C=O) groups is 4. The molecule has 2 aromatic carbocycles. The van der Waals surface area contributed by atoms with E-state index in [4.69, 9.17) is 0 Å². The maximum Gasteiger partial charge on any atom is 0.315 e. The number of rotatable bonds is 12. The van der Waals surface area contributed by atoms with Crippen LogP contribution in [0, 0.1) is 5.92 Å². The zero-order chi connectivity index (χ0) is 33.3. The maximum atomic E-state index is 14.4. The molecule has 10 nitrogen and oxygen atoms in total. The summed E-state index contributed by atoms with van der Waals surface area (Å²) in [6, 6.07) is 15.6. The summed E-state index contributed by atoms with van der Waals surface area (Å²) in [5.41, 5.74) is 1.77. The van der Waals surface area contributed by atoms with E-state index in [2.05, 4.69) is 35.8 Å². The number of nitrogens with one attached hydrogen (secondary N) is 5. The first kappa shape index (κ1) is 35.4. The molecule has 2 aromatic rings. The predicted molar refractivity (Wildman–Crippen MR) is 185 cm³/mol. The van der Waals surface area contributed by atoms with E-state index in [1.165, 1.54) is 0 Å². The van der Waals surface area contributed by atoms with Gasteiger partial charge in [-0.05, 0) is 95.1 Å². The molecular formula is C35H51N6O4P. The Kier molecular flexibility index (Phi) is 12.6. The normalized spacial score (nSPS) is 21.9. The molecule has 250 valence electrons. The van der Waals surface area contributed by atoms with E-state index in [0.717, 1.165) is 29.3 Å². The molecule has 5 amide bonds. The molecule has 2 fully saturated rings. The van der Waals surface area contributed by atoms with Crippen molar-refractivity contribution in [3.63, 3.8) is 0 Å². The molecule has 4 rings (SSSR count). The van der Waals surface area contributed by atoms with Gasteiger partial charge in [0.15, 0.2) is 0 Å². The van der Waals surface area contributed by atoms with Gasteiger partial charge < -0.3 is 31.5 Å². The topological polar surface area (TPSA) is 132 Å². The fourth-order valence-corrected chi connectivity index (χ4v) is 6.69. The molecule has 2 aliphatic heterocycles. The second kappa shape index (κ2) is 16.4. The second-order valence-corrected chi connectivity index (χ2v) is 14.2. The lowest BCUT2D eigenvalue weighted by Gasteiger charge is -2.33. The fourth-order valence-electron chi connectivity index (χ4n) is 6.50. The van der Waals surface area contributed by atoms with Gasteiger partial charge >= 0.3 is 6.03 Å². The summed E-state index contributed by atoms with van der Waals surface area (Å²) in [7, 11) is 4.41. The van der Waals surface area contributed by atoms with E-state index in [-0.39, 0.29) is 41.3 Å². The van der Waals surface area contributed by atoms with Crippen molar-refractivity contribution in [2.24, 2.45) is 5.92 Å². The Labute approximate surface area is 275 Å². The first-order valence-electron chi connectivity index (χ1n) is 16.5. The number of nitrogens with zero attached hydrogens (tertiary/aromatic N) is 1. The van der Waals surface area contributed by atoms with Crippen LogP contribution in [0.1, 0.15) is 64.0 Å². The Bertz CT molecular complexity index is 1330. The summed E-state index contributed by atoms with van der Waals surface area (Å²) in [5, 5.41) is 16.2. The first-order chi connectivity index (χ1) is 21.9. The fraction of sp³-hybridized carbons (Fsp3) is 0.543. The van der Waals surface area contributed by atoms with Crippen molar-refractivity contribution in [1.82, 2.24) is 31.5 Å². The van der Waals surface area contributed by atoms with Gasteiger partial charge in [-0.15, -0.1) is 9.24 Å². The highest BCUT2D eigenvalue weighted by molar-refractivity contribution is 7.27. The molecule has 0 aliphatic carbocycles. The van der Waals surface area contributed by atoms with Crippen LogP contribution in [0.3, 0.4) is 0 Å². The smallest absolute Gasteiger partial charge is 0.315 e. The molecule has 2 heterocycles.